The minimum Gasteiger partial charge on any atom is -0.497 e. The lowest BCUT2D eigenvalue weighted by Crippen LogP contribution is -2.42. The van der Waals surface area contributed by atoms with Crippen LogP contribution in [-0.4, -0.2) is 45.2 Å². The smallest absolute Gasteiger partial charge is 0.239 e. The van der Waals surface area contributed by atoms with Gasteiger partial charge in [0.05, 0.1) is 31.7 Å². The third kappa shape index (κ3) is 4.86. The van der Waals surface area contributed by atoms with Crippen LogP contribution in [-0.2, 0) is 14.3 Å². The standard InChI is InChI=1S/C22H27N3O4/c1-22(2,20(26)23-16-7-6-8-17(15-16)28-3)21(27)24-18-9-4-5-10-19(18)25-11-13-29-14-12-25/h4-10,15H,11-14H2,1-3H3,(H,23,26)(H,24,27). The minimum absolute atomic E-state index is 0.376. The van der Waals surface area contributed by atoms with Gasteiger partial charge in [0.25, 0.3) is 0 Å². The van der Waals surface area contributed by atoms with E-state index in [4.69, 9.17) is 9.47 Å². The number of nitrogens with one attached hydrogen (secondary N) is 2. The van der Waals surface area contributed by atoms with Gasteiger partial charge in [0, 0.05) is 24.8 Å². The Morgan fingerprint density at radius 3 is 2.41 bits per heavy atom. The summed E-state index contributed by atoms with van der Waals surface area (Å²) in [5, 5.41) is 5.73. The number of rotatable bonds is 6. The molecule has 0 aromatic heterocycles. The predicted molar refractivity (Wildman–Crippen MR) is 114 cm³/mol. The Morgan fingerprint density at radius 1 is 1.00 bits per heavy atom. The molecule has 0 aliphatic carbocycles. The number of anilines is 3. The summed E-state index contributed by atoms with van der Waals surface area (Å²) in [6, 6.07) is 14.6. The lowest BCUT2D eigenvalue weighted by molar-refractivity contribution is -0.135. The van der Waals surface area contributed by atoms with Crippen LogP contribution < -0.4 is 20.3 Å². The van der Waals surface area contributed by atoms with Crippen molar-refractivity contribution >= 4 is 28.9 Å². The summed E-state index contributed by atoms with van der Waals surface area (Å²) in [5.74, 6) is -0.143. The van der Waals surface area contributed by atoms with E-state index >= 15 is 0 Å². The summed E-state index contributed by atoms with van der Waals surface area (Å²) < 4.78 is 10.6. The first-order chi connectivity index (χ1) is 13.9. The van der Waals surface area contributed by atoms with Crippen LogP contribution in [0.3, 0.4) is 0 Å². The lowest BCUT2D eigenvalue weighted by atomic mass is 9.90. The highest BCUT2D eigenvalue weighted by Crippen LogP contribution is 2.29. The highest BCUT2D eigenvalue weighted by atomic mass is 16.5. The summed E-state index contributed by atoms with van der Waals surface area (Å²) >= 11 is 0. The van der Waals surface area contributed by atoms with Crippen molar-refractivity contribution in [2.24, 2.45) is 5.41 Å². The fraction of sp³-hybridized carbons (Fsp3) is 0.364. The van der Waals surface area contributed by atoms with Gasteiger partial charge in [-0.15, -0.1) is 0 Å². The number of methoxy groups -OCH3 is 1. The normalized spacial score (nSPS) is 14.2. The van der Waals surface area contributed by atoms with Gasteiger partial charge in [-0.3, -0.25) is 9.59 Å². The Balaban J connectivity index is 1.73. The second-order valence-corrected chi connectivity index (χ2v) is 7.38. The van der Waals surface area contributed by atoms with Crippen LogP contribution in [0, 0.1) is 5.41 Å². The van der Waals surface area contributed by atoms with Crippen LogP contribution in [0.2, 0.25) is 0 Å². The van der Waals surface area contributed by atoms with Crippen molar-refractivity contribution in [2.75, 3.05) is 48.9 Å². The molecule has 1 aliphatic rings. The molecule has 0 saturated carbocycles. The Bertz CT molecular complexity index is 876. The molecule has 2 amide bonds. The average Bonchev–Trinajstić information content (AvgIpc) is 2.74. The van der Waals surface area contributed by atoms with Gasteiger partial charge in [-0.2, -0.15) is 0 Å². The molecule has 0 radical (unpaired) electrons. The second-order valence-electron chi connectivity index (χ2n) is 7.38. The molecule has 7 heteroatoms. The maximum Gasteiger partial charge on any atom is 0.239 e. The molecule has 2 N–H and O–H groups in total. The van der Waals surface area contributed by atoms with Gasteiger partial charge in [-0.25, -0.2) is 0 Å². The maximum atomic E-state index is 13.0. The molecule has 1 fully saturated rings. The zero-order valence-electron chi connectivity index (χ0n) is 17.0. The summed E-state index contributed by atoms with van der Waals surface area (Å²) in [6.07, 6.45) is 0. The number of para-hydroxylation sites is 2. The molecule has 1 saturated heterocycles. The van der Waals surface area contributed by atoms with E-state index in [9.17, 15) is 9.59 Å². The van der Waals surface area contributed by atoms with Gasteiger partial charge < -0.3 is 25.0 Å². The van der Waals surface area contributed by atoms with Crippen LogP contribution in [0.5, 0.6) is 5.75 Å². The topological polar surface area (TPSA) is 79.9 Å². The van der Waals surface area contributed by atoms with Crippen molar-refractivity contribution in [1.82, 2.24) is 0 Å². The van der Waals surface area contributed by atoms with Crippen LogP contribution in [0.1, 0.15) is 13.8 Å². The monoisotopic (exact) mass is 397 g/mol. The van der Waals surface area contributed by atoms with E-state index in [0.717, 1.165) is 18.8 Å². The largest absolute Gasteiger partial charge is 0.497 e. The number of morpholine rings is 1. The quantitative estimate of drug-likeness (QED) is 0.732. The number of ether oxygens (including phenoxy) is 2. The Hall–Kier alpha value is -3.06. The molecule has 1 heterocycles. The SMILES string of the molecule is COc1cccc(NC(=O)C(C)(C)C(=O)Nc2ccccc2N2CCOCC2)c1. The molecule has 154 valence electrons. The van der Waals surface area contributed by atoms with Crippen LogP contribution in [0.4, 0.5) is 17.1 Å². The highest BCUT2D eigenvalue weighted by Gasteiger charge is 2.36. The Morgan fingerprint density at radius 2 is 1.69 bits per heavy atom. The van der Waals surface area contributed by atoms with Gasteiger partial charge in [0.2, 0.25) is 11.8 Å². The molecule has 0 bridgehead atoms. The lowest BCUT2D eigenvalue weighted by Gasteiger charge is -2.31. The molecule has 0 spiro atoms. The molecule has 29 heavy (non-hydrogen) atoms. The van der Waals surface area contributed by atoms with E-state index in [1.54, 1.807) is 45.2 Å². The number of hydrogen-bond donors (Lipinski definition) is 2. The van der Waals surface area contributed by atoms with Crippen molar-refractivity contribution in [3.05, 3.63) is 48.5 Å². The number of carbonyl (C=O) groups excluding carboxylic acids is 2. The number of amides is 2. The summed E-state index contributed by atoms with van der Waals surface area (Å²) in [4.78, 5) is 28.0. The van der Waals surface area contributed by atoms with Gasteiger partial charge >= 0.3 is 0 Å². The fourth-order valence-corrected chi connectivity index (χ4v) is 3.03. The zero-order chi connectivity index (χ0) is 20.9. The molecule has 0 atom stereocenters. The summed E-state index contributed by atoms with van der Waals surface area (Å²) in [5.41, 5.74) is 0.903. The molecule has 2 aromatic rings. The van der Waals surface area contributed by atoms with Crippen molar-refractivity contribution in [1.29, 1.82) is 0 Å². The minimum atomic E-state index is -1.28. The number of hydrogen-bond acceptors (Lipinski definition) is 5. The maximum absolute atomic E-state index is 13.0. The molecule has 3 rings (SSSR count). The average molecular weight is 397 g/mol. The second kappa shape index (κ2) is 8.96. The number of carbonyl (C=O) groups is 2. The van der Waals surface area contributed by atoms with E-state index in [-0.39, 0.29) is 5.91 Å². The third-order valence-electron chi connectivity index (χ3n) is 4.97. The van der Waals surface area contributed by atoms with Crippen LogP contribution in [0.25, 0.3) is 0 Å². The third-order valence-corrected chi connectivity index (χ3v) is 4.97. The van der Waals surface area contributed by atoms with Gasteiger partial charge in [-0.1, -0.05) is 18.2 Å². The molecule has 0 unspecified atom stereocenters. The van der Waals surface area contributed by atoms with Crippen molar-refractivity contribution < 1.29 is 19.1 Å². The summed E-state index contributed by atoms with van der Waals surface area (Å²) in [6.45, 7) is 6.02. The van der Waals surface area contributed by atoms with E-state index in [2.05, 4.69) is 15.5 Å². The molecule has 2 aromatic carbocycles. The van der Waals surface area contributed by atoms with Crippen molar-refractivity contribution in [2.45, 2.75) is 13.8 Å². The molecular formula is C22H27N3O4. The Kier molecular flexibility index (Phi) is 6.39. The first-order valence-corrected chi connectivity index (χ1v) is 9.60. The zero-order valence-corrected chi connectivity index (χ0v) is 17.0. The first-order valence-electron chi connectivity index (χ1n) is 9.60. The van der Waals surface area contributed by atoms with E-state index in [1.807, 2.05) is 24.3 Å². The molecule has 1 aliphatic heterocycles. The van der Waals surface area contributed by atoms with E-state index in [0.29, 0.717) is 30.3 Å². The molecular weight excluding hydrogens is 370 g/mol. The van der Waals surface area contributed by atoms with Crippen LogP contribution >= 0.6 is 0 Å². The number of benzene rings is 2. The summed E-state index contributed by atoms with van der Waals surface area (Å²) in [7, 11) is 1.56. The predicted octanol–water partition coefficient (Wildman–Crippen LogP) is 3.14. The molecule has 7 nitrogen and oxygen atoms in total. The van der Waals surface area contributed by atoms with Gasteiger partial charge in [-0.05, 0) is 38.1 Å². The fourth-order valence-electron chi connectivity index (χ4n) is 3.03. The number of nitrogens with zero attached hydrogens (tertiary/aromatic N) is 1. The van der Waals surface area contributed by atoms with Crippen molar-refractivity contribution in [3.63, 3.8) is 0 Å². The first kappa shape index (κ1) is 20.7. The highest BCUT2D eigenvalue weighted by molar-refractivity contribution is 6.14. The van der Waals surface area contributed by atoms with Crippen molar-refractivity contribution in [3.8, 4) is 5.75 Å². The van der Waals surface area contributed by atoms with E-state index < -0.39 is 11.3 Å². The van der Waals surface area contributed by atoms with Crippen LogP contribution in [0.15, 0.2) is 48.5 Å². The van der Waals surface area contributed by atoms with Gasteiger partial charge in [0.1, 0.15) is 11.2 Å². The van der Waals surface area contributed by atoms with E-state index in [1.165, 1.54) is 0 Å². The Labute approximate surface area is 171 Å². The van der Waals surface area contributed by atoms with Gasteiger partial charge in [0.15, 0.2) is 0 Å².